The molecule has 1 fully saturated rings. The van der Waals surface area contributed by atoms with Gasteiger partial charge in [0.25, 0.3) is 5.56 Å². The number of aryl methyl sites for hydroxylation is 1. The Bertz CT molecular complexity index is 731. The molecule has 1 amide bonds. The first-order chi connectivity index (χ1) is 10.6. The third kappa shape index (κ3) is 3.35. The molecule has 0 radical (unpaired) electrons. The number of carbonyl (C=O) groups is 1. The summed E-state index contributed by atoms with van der Waals surface area (Å²) in [7, 11) is 0. The molecule has 1 N–H and O–H groups in total. The van der Waals surface area contributed by atoms with Gasteiger partial charge >= 0.3 is 0 Å². The number of thiazole rings is 1. The van der Waals surface area contributed by atoms with E-state index in [2.05, 4.69) is 15.4 Å². The minimum atomic E-state index is -0.322. The second-order valence-electron chi connectivity index (χ2n) is 5.91. The first-order valence-corrected chi connectivity index (χ1v) is 8.66. The Morgan fingerprint density at radius 1 is 1.41 bits per heavy atom. The van der Waals surface area contributed by atoms with Gasteiger partial charge in [-0.2, -0.15) is 14.6 Å². The lowest BCUT2D eigenvalue weighted by atomic mass is 9.86. The van der Waals surface area contributed by atoms with Crippen LogP contribution in [0.15, 0.2) is 10.2 Å². The number of aromatic nitrogens is 3. The van der Waals surface area contributed by atoms with Crippen LogP contribution in [0.4, 0.5) is 5.82 Å². The van der Waals surface area contributed by atoms with Crippen molar-refractivity contribution in [1.29, 1.82) is 0 Å². The van der Waals surface area contributed by atoms with E-state index < -0.39 is 0 Å². The van der Waals surface area contributed by atoms with Gasteiger partial charge < -0.3 is 5.32 Å². The summed E-state index contributed by atoms with van der Waals surface area (Å²) in [6, 6.07) is 0. The normalized spacial score (nSPS) is 16.0. The van der Waals surface area contributed by atoms with Crippen molar-refractivity contribution in [3.8, 4) is 0 Å². The molecule has 7 heteroatoms. The largest absolute Gasteiger partial charge is 0.310 e. The van der Waals surface area contributed by atoms with Crippen LogP contribution in [-0.2, 0) is 4.79 Å². The zero-order valence-corrected chi connectivity index (χ0v) is 13.5. The Morgan fingerprint density at radius 3 is 2.95 bits per heavy atom. The summed E-state index contributed by atoms with van der Waals surface area (Å²) in [5.41, 5.74) is 0.00521. The van der Waals surface area contributed by atoms with Gasteiger partial charge in [0.05, 0.1) is 0 Å². The maximum Gasteiger partial charge on any atom is 0.295 e. The van der Waals surface area contributed by atoms with Crippen LogP contribution in [0.5, 0.6) is 0 Å². The van der Waals surface area contributed by atoms with Crippen molar-refractivity contribution in [2.45, 2.75) is 51.9 Å². The van der Waals surface area contributed by atoms with Crippen molar-refractivity contribution in [2.75, 3.05) is 5.32 Å². The number of nitrogens with one attached hydrogen (secondary N) is 1. The molecule has 1 saturated carbocycles. The lowest BCUT2D eigenvalue weighted by molar-refractivity contribution is -0.116. The molecule has 22 heavy (non-hydrogen) atoms. The van der Waals surface area contributed by atoms with Gasteiger partial charge in [-0.05, 0) is 19.3 Å². The lowest BCUT2D eigenvalue weighted by Crippen LogP contribution is -2.19. The standard InChI is InChI=1S/C15H20N4O2S/c1-10-14(21)17-15-19(18-10)12(9-22-15)16-13(20)8-7-11-5-3-2-4-6-11/h9,11H,2-8H2,1H3,(H,16,20). The minimum Gasteiger partial charge on any atom is -0.310 e. The van der Waals surface area contributed by atoms with E-state index in [0.29, 0.717) is 28.8 Å². The topological polar surface area (TPSA) is 76.4 Å². The van der Waals surface area contributed by atoms with Gasteiger partial charge in [0.2, 0.25) is 10.9 Å². The zero-order chi connectivity index (χ0) is 15.5. The Labute approximate surface area is 132 Å². The fourth-order valence-corrected chi connectivity index (χ4v) is 3.69. The fourth-order valence-electron chi connectivity index (χ4n) is 2.94. The highest BCUT2D eigenvalue weighted by Gasteiger charge is 2.16. The van der Waals surface area contributed by atoms with E-state index in [0.717, 1.165) is 6.42 Å². The summed E-state index contributed by atoms with van der Waals surface area (Å²) in [5, 5.41) is 8.83. The van der Waals surface area contributed by atoms with E-state index in [-0.39, 0.29) is 11.5 Å². The molecule has 0 spiro atoms. The zero-order valence-electron chi connectivity index (χ0n) is 12.7. The smallest absolute Gasteiger partial charge is 0.295 e. The molecular weight excluding hydrogens is 300 g/mol. The van der Waals surface area contributed by atoms with Crippen LogP contribution in [0, 0.1) is 12.8 Å². The number of rotatable bonds is 4. The molecular formula is C15H20N4O2S. The highest BCUT2D eigenvalue weighted by Crippen LogP contribution is 2.27. The summed E-state index contributed by atoms with van der Waals surface area (Å²) in [5.74, 6) is 1.28. The third-order valence-electron chi connectivity index (χ3n) is 4.21. The average molecular weight is 320 g/mol. The highest BCUT2D eigenvalue weighted by atomic mass is 32.1. The molecule has 0 bridgehead atoms. The van der Waals surface area contributed by atoms with Gasteiger partial charge in [0, 0.05) is 11.8 Å². The molecule has 1 aliphatic rings. The number of nitrogens with zero attached hydrogens (tertiary/aromatic N) is 3. The van der Waals surface area contributed by atoms with Gasteiger partial charge in [-0.3, -0.25) is 9.59 Å². The second-order valence-corrected chi connectivity index (χ2v) is 6.75. The van der Waals surface area contributed by atoms with Gasteiger partial charge in [-0.1, -0.05) is 32.1 Å². The third-order valence-corrected chi connectivity index (χ3v) is 5.03. The predicted octanol–water partition coefficient (Wildman–Crippen LogP) is 2.76. The lowest BCUT2D eigenvalue weighted by Gasteiger charge is -2.20. The molecule has 6 nitrogen and oxygen atoms in total. The van der Waals surface area contributed by atoms with Crippen LogP contribution in [0.25, 0.3) is 4.96 Å². The molecule has 3 rings (SSSR count). The summed E-state index contributed by atoms with van der Waals surface area (Å²) in [6.07, 6.45) is 7.91. The molecule has 0 unspecified atom stereocenters. The van der Waals surface area contributed by atoms with Crippen LogP contribution in [-0.4, -0.2) is 20.5 Å². The summed E-state index contributed by atoms with van der Waals surface area (Å²) < 4.78 is 1.53. The van der Waals surface area contributed by atoms with Crippen molar-refractivity contribution < 1.29 is 4.79 Å². The Morgan fingerprint density at radius 2 is 2.18 bits per heavy atom. The van der Waals surface area contributed by atoms with Crippen molar-refractivity contribution in [2.24, 2.45) is 5.92 Å². The molecule has 2 aromatic rings. The van der Waals surface area contributed by atoms with Crippen molar-refractivity contribution in [1.82, 2.24) is 14.6 Å². The number of carbonyl (C=O) groups excluding carboxylic acids is 1. The number of amides is 1. The van der Waals surface area contributed by atoms with E-state index in [1.54, 1.807) is 12.3 Å². The first-order valence-electron chi connectivity index (χ1n) is 7.78. The van der Waals surface area contributed by atoms with E-state index in [4.69, 9.17) is 0 Å². The Balaban J connectivity index is 1.63. The summed E-state index contributed by atoms with van der Waals surface area (Å²) in [4.78, 5) is 28.0. The quantitative estimate of drug-likeness (QED) is 0.940. The van der Waals surface area contributed by atoms with Crippen LogP contribution in [0.2, 0.25) is 0 Å². The first kappa shape index (κ1) is 15.1. The maximum atomic E-state index is 12.1. The molecule has 0 atom stereocenters. The monoisotopic (exact) mass is 320 g/mol. The molecule has 1 aliphatic carbocycles. The van der Waals surface area contributed by atoms with Gasteiger partial charge in [-0.15, -0.1) is 11.3 Å². The molecule has 0 aliphatic heterocycles. The predicted molar refractivity (Wildman–Crippen MR) is 86.3 cm³/mol. The SMILES string of the molecule is Cc1nn2c(NC(=O)CCC3CCCCC3)csc2nc1=O. The van der Waals surface area contributed by atoms with Crippen molar-refractivity contribution >= 4 is 28.0 Å². The maximum absolute atomic E-state index is 12.1. The number of fused-ring (bicyclic) bond motifs is 1. The van der Waals surface area contributed by atoms with Gasteiger partial charge in [0.15, 0.2) is 0 Å². The summed E-state index contributed by atoms with van der Waals surface area (Å²) in [6.45, 7) is 1.62. The van der Waals surface area contributed by atoms with Crippen LogP contribution in [0.3, 0.4) is 0 Å². The van der Waals surface area contributed by atoms with Gasteiger partial charge in [-0.25, -0.2) is 0 Å². The highest BCUT2D eigenvalue weighted by molar-refractivity contribution is 7.15. The molecule has 118 valence electrons. The Hall–Kier alpha value is -1.76. The van der Waals surface area contributed by atoms with Gasteiger partial charge in [0.1, 0.15) is 11.5 Å². The van der Waals surface area contributed by atoms with E-state index in [1.807, 2.05) is 0 Å². The molecule has 2 aromatic heterocycles. The summed E-state index contributed by atoms with van der Waals surface area (Å²) >= 11 is 1.30. The van der Waals surface area contributed by atoms with E-state index >= 15 is 0 Å². The molecule has 2 heterocycles. The van der Waals surface area contributed by atoms with E-state index in [9.17, 15) is 9.59 Å². The number of hydrogen-bond acceptors (Lipinski definition) is 5. The van der Waals surface area contributed by atoms with Crippen molar-refractivity contribution in [3.63, 3.8) is 0 Å². The van der Waals surface area contributed by atoms with E-state index in [1.165, 1.54) is 48.0 Å². The molecule has 0 aromatic carbocycles. The number of anilines is 1. The number of hydrogen-bond donors (Lipinski definition) is 1. The van der Waals surface area contributed by atoms with Crippen molar-refractivity contribution in [3.05, 3.63) is 21.4 Å². The minimum absolute atomic E-state index is 0.00317. The van der Waals surface area contributed by atoms with Crippen LogP contribution in [0.1, 0.15) is 50.6 Å². The van der Waals surface area contributed by atoms with Crippen LogP contribution >= 0.6 is 11.3 Å². The average Bonchev–Trinajstić information content (AvgIpc) is 2.89. The second kappa shape index (κ2) is 6.56. The molecule has 0 saturated heterocycles. The Kier molecular flexibility index (Phi) is 4.52. The van der Waals surface area contributed by atoms with Crippen LogP contribution < -0.4 is 10.9 Å². The fraction of sp³-hybridized carbons (Fsp3) is 0.600.